The molecule has 1 N–H and O–H groups in total. The summed E-state index contributed by atoms with van der Waals surface area (Å²) in [4.78, 5) is 17.7. The molecule has 0 saturated heterocycles. The van der Waals surface area contributed by atoms with Gasteiger partial charge in [-0.3, -0.25) is 4.79 Å². The average molecular weight is 430 g/mol. The van der Waals surface area contributed by atoms with Crippen molar-refractivity contribution in [3.05, 3.63) is 82.6 Å². The second kappa shape index (κ2) is 10.00. The topological polar surface area (TPSA) is 63.6 Å². The van der Waals surface area contributed by atoms with Gasteiger partial charge in [-0.25, -0.2) is 10.4 Å². The zero-order valence-electron chi connectivity index (χ0n) is 17.2. The van der Waals surface area contributed by atoms with Gasteiger partial charge in [0.2, 0.25) is 0 Å². The lowest BCUT2D eigenvalue weighted by Gasteiger charge is -2.10. The first-order chi connectivity index (χ1) is 15.2. The van der Waals surface area contributed by atoms with Gasteiger partial charge in [0.1, 0.15) is 5.75 Å². The largest absolute Gasteiger partial charge is 0.494 e. The van der Waals surface area contributed by atoms with Crippen molar-refractivity contribution in [3.63, 3.8) is 0 Å². The standard InChI is InChI=1S/C25H23N3O2S/c1-2-3-12-30-20-8-6-7-19(14-20)24-15-22(21-9-4-5-10-23(21)27-24)25(29)28-26-16-18-11-13-31-17-18/h4-11,13-17H,2-3,12H2,1H3,(H,28,29). The number of thiophene rings is 1. The summed E-state index contributed by atoms with van der Waals surface area (Å²) in [6.45, 7) is 2.82. The van der Waals surface area contributed by atoms with Gasteiger partial charge in [0, 0.05) is 16.5 Å². The summed E-state index contributed by atoms with van der Waals surface area (Å²) in [6, 6.07) is 19.2. The first-order valence-corrected chi connectivity index (χ1v) is 11.2. The van der Waals surface area contributed by atoms with Crippen molar-refractivity contribution < 1.29 is 9.53 Å². The van der Waals surface area contributed by atoms with Gasteiger partial charge >= 0.3 is 0 Å². The number of carbonyl (C=O) groups is 1. The van der Waals surface area contributed by atoms with Crippen LogP contribution in [0.1, 0.15) is 35.7 Å². The maximum Gasteiger partial charge on any atom is 0.272 e. The van der Waals surface area contributed by atoms with Crippen molar-refractivity contribution in [2.24, 2.45) is 5.10 Å². The lowest BCUT2D eigenvalue weighted by molar-refractivity contribution is 0.0956. The normalized spacial score (nSPS) is 11.1. The van der Waals surface area contributed by atoms with E-state index in [1.807, 2.05) is 71.4 Å². The fraction of sp³-hybridized carbons (Fsp3) is 0.160. The van der Waals surface area contributed by atoms with Gasteiger partial charge in [0.15, 0.2) is 0 Å². The van der Waals surface area contributed by atoms with Crippen molar-refractivity contribution in [2.75, 3.05) is 6.61 Å². The van der Waals surface area contributed by atoms with Gasteiger partial charge < -0.3 is 4.74 Å². The van der Waals surface area contributed by atoms with Crippen LogP contribution in [0.25, 0.3) is 22.2 Å². The van der Waals surface area contributed by atoms with E-state index >= 15 is 0 Å². The molecule has 1 amide bonds. The molecule has 5 nitrogen and oxygen atoms in total. The molecule has 2 aromatic carbocycles. The highest BCUT2D eigenvalue weighted by molar-refractivity contribution is 7.08. The maximum atomic E-state index is 12.9. The van der Waals surface area contributed by atoms with Crippen LogP contribution in [0.5, 0.6) is 5.75 Å². The predicted molar refractivity (Wildman–Crippen MR) is 127 cm³/mol. The Labute approximate surface area is 185 Å². The number of pyridine rings is 1. The highest BCUT2D eigenvalue weighted by Crippen LogP contribution is 2.27. The monoisotopic (exact) mass is 429 g/mol. The highest BCUT2D eigenvalue weighted by Gasteiger charge is 2.14. The Bertz CT molecular complexity index is 1200. The zero-order valence-corrected chi connectivity index (χ0v) is 18.1. The molecule has 4 rings (SSSR count). The SMILES string of the molecule is CCCCOc1cccc(-c2cc(C(=O)NN=Cc3ccsc3)c3ccccc3n2)c1. The molecule has 0 aliphatic carbocycles. The number of nitrogens with zero attached hydrogens (tertiary/aromatic N) is 2. The van der Waals surface area contributed by atoms with E-state index in [2.05, 4.69) is 17.5 Å². The molecule has 0 aliphatic rings. The first-order valence-electron chi connectivity index (χ1n) is 10.2. The zero-order chi connectivity index (χ0) is 21.5. The second-order valence-corrected chi connectivity index (χ2v) is 7.84. The number of ether oxygens (including phenoxy) is 1. The number of carbonyl (C=O) groups excluding carboxylic acids is 1. The molecular weight excluding hydrogens is 406 g/mol. The van der Waals surface area contributed by atoms with E-state index in [4.69, 9.17) is 9.72 Å². The molecule has 6 heteroatoms. The number of nitrogens with one attached hydrogen (secondary N) is 1. The summed E-state index contributed by atoms with van der Waals surface area (Å²) in [5, 5.41) is 8.81. The van der Waals surface area contributed by atoms with Crippen LogP contribution < -0.4 is 10.2 Å². The van der Waals surface area contributed by atoms with E-state index in [9.17, 15) is 4.79 Å². The highest BCUT2D eigenvalue weighted by atomic mass is 32.1. The molecule has 0 spiro atoms. The van der Waals surface area contributed by atoms with E-state index in [0.717, 1.165) is 40.6 Å². The molecule has 0 bridgehead atoms. The van der Waals surface area contributed by atoms with Crippen LogP contribution in [-0.4, -0.2) is 23.7 Å². The lowest BCUT2D eigenvalue weighted by atomic mass is 10.0. The second-order valence-electron chi connectivity index (χ2n) is 7.06. The summed E-state index contributed by atoms with van der Waals surface area (Å²) in [5.41, 5.74) is 6.48. The summed E-state index contributed by atoms with van der Waals surface area (Å²) >= 11 is 1.58. The fourth-order valence-electron chi connectivity index (χ4n) is 3.16. The van der Waals surface area contributed by atoms with Gasteiger partial charge in [0.05, 0.1) is 29.6 Å². The summed E-state index contributed by atoms with van der Waals surface area (Å²) in [6.07, 6.45) is 3.73. The molecule has 4 aromatic rings. The smallest absolute Gasteiger partial charge is 0.272 e. The minimum absolute atomic E-state index is 0.276. The van der Waals surface area contributed by atoms with Gasteiger partial charge in [-0.05, 0) is 47.5 Å². The molecule has 2 heterocycles. The number of unbranched alkanes of at least 4 members (excludes halogenated alkanes) is 1. The predicted octanol–water partition coefficient (Wildman–Crippen LogP) is 5.91. The Balaban J connectivity index is 1.65. The van der Waals surface area contributed by atoms with Crippen LogP contribution in [0.2, 0.25) is 0 Å². The number of hydrogen-bond acceptors (Lipinski definition) is 5. The molecule has 156 valence electrons. The lowest BCUT2D eigenvalue weighted by Crippen LogP contribution is -2.18. The van der Waals surface area contributed by atoms with Crippen LogP contribution in [0.3, 0.4) is 0 Å². The number of hydrazone groups is 1. The number of amides is 1. The van der Waals surface area contributed by atoms with Gasteiger partial charge in [0.25, 0.3) is 5.91 Å². The van der Waals surface area contributed by atoms with Crippen molar-refractivity contribution in [1.82, 2.24) is 10.4 Å². The average Bonchev–Trinajstić information content (AvgIpc) is 3.32. The third kappa shape index (κ3) is 5.16. The Hall–Kier alpha value is -3.51. The Morgan fingerprint density at radius 2 is 2.06 bits per heavy atom. The molecular formula is C25H23N3O2S. The summed E-state index contributed by atoms with van der Waals surface area (Å²) < 4.78 is 5.84. The molecule has 0 unspecified atom stereocenters. The summed E-state index contributed by atoms with van der Waals surface area (Å²) in [5.74, 6) is 0.522. The van der Waals surface area contributed by atoms with Crippen LogP contribution in [-0.2, 0) is 0 Å². The molecule has 0 aliphatic heterocycles. The van der Waals surface area contributed by atoms with Crippen molar-refractivity contribution in [3.8, 4) is 17.0 Å². The third-order valence-electron chi connectivity index (χ3n) is 4.78. The fourth-order valence-corrected chi connectivity index (χ4v) is 3.78. The van der Waals surface area contributed by atoms with Crippen LogP contribution in [0, 0.1) is 0 Å². The molecule has 31 heavy (non-hydrogen) atoms. The minimum Gasteiger partial charge on any atom is -0.494 e. The van der Waals surface area contributed by atoms with E-state index in [-0.39, 0.29) is 5.91 Å². The maximum absolute atomic E-state index is 12.9. The Morgan fingerprint density at radius 3 is 2.90 bits per heavy atom. The number of benzene rings is 2. The Kier molecular flexibility index (Phi) is 6.69. The van der Waals surface area contributed by atoms with Crippen molar-refractivity contribution in [2.45, 2.75) is 19.8 Å². The van der Waals surface area contributed by atoms with Gasteiger partial charge in [-0.2, -0.15) is 16.4 Å². The number of para-hydroxylation sites is 1. The number of aromatic nitrogens is 1. The minimum atomic E-state index is -0.276. The van der Waals surface area contributed by atoms with E-state index < -0.39 is 0 Å². The Morgan fingerprint density at radius 1 is 1.16 bits per heavy atom. The van der Waals surface area contributed by atoms with Crippen LogP contribution in [0.4, 0.5) is 0 Å². The molecule has 0 atom stereocenters. The number of hydrogen-bond donors (Lipinski definition) is 1. The van der Waals surface area contributed by atoms with Crippen molar-refractivity contribution in [1.29, 1.82) is 0 Å². The molecule has 0 radical (unpaired) electrons. The van der Waals surface area contributed by atoms with E-state index in [0.29, 0.717) is 17.9 Å². The van der Waals surface area contributed by atoms with Gasteiger partial charge in [-0.1, -0.05) is 43.7 Å². The van der Waals surface area contributed by atoms with E-state index in [1.54, 1.807) is 17.6 Å². The first kappa shape index (κ1) is 20.8. The third-order valence-corrected chi connectivity index (χ3v) is 5.48. The van der Waals surface area contributed by atoms with Crippen LogP contribution in [0.15, 0.2) is 76.5 Å². The molecule has 2 aromatic heterocycles. The molecule has 0 fully saturated rings. The van der Waals surface area contributed by atoms with Crippen LogP contribution >= 0.6 is 11.3 Å². The van der Waals surface area contributed by atoms with Crippen molar-refractivity contribution >= 4 is 34.4 Å². The number of fused-ring (bicyclic) bond motifs is 1. The number of rotatable bonds is 8. The molecule has 0 saturated carbocycles. The quantitative estimate of drug-likeness (QED) is 0.215. The van der Waals surface area contributed by atoms with E-state index in [1.165, 1.54) is 0 Å². The summed E-state index contributed by atoms with van der Waals surface area (Å²) in [7, 11) is 0. The van der Waals surface area contributed by atoms with Gasteiger partial charge in [-0.15, -0.1) is 0 Å².